The lowest BCUT2D eigenvalue weighted by Crippen LogP contribution is -2.30. The van der Waals surface area contributed by atoms with Gasteiger partial charge in [0.1, 0.15) is 6.10 Å². The number of anilines is 1. The Morgan fingerprint density at radius 2 is 1.75 bits per heavy atom. The van der Waals surface area contributed by atoms with Crippen LogP contribution < -0.4 is 5.32 Å². The van der Waals surface area contributed by atoms with Crippen LogP contribution in [0.2, 0.25) is 0 Å². The van der Waals surface area contributed by atoms with Gasteiger partial charge in [-0.3, -0.25) is 5.32 Å². The van der Waals surface area contributed by atoms with E-state index in [1.807, 2.05) is 24.3 Å². The second-order valence-corrected chi connectivity index (χ2v) is 6.12. The topological polar surface area (TPSA) is 38.3 Å². The van der Waals surface area contributed by atoms with Crippen molar-refractivity contribution in [1.29, 1.82) is 0 Å². The number of carbonyl (C=O) groups excluding carboxylic acids is 1. The number of hydrogen-bond donors (Lipinski definition) is 1. The zero-order valence-corrected chi connectivity index (χ0v) is 12.7. The van der Waals surface area contributed by atoms with Crippen LogP contribution in [0.1, 0.15) is 45.6 Å². The summed E-state index contributed by atoms with van der Waals surface area (Å²) in [6.45, 7) is 6.57. The molecule has 1 aromatic carbocycles. The molecule has 3 nitrogen and oxygen atoms in total. The number of carbonyl (C=O) groups is 1. The molecule has 0 bridgehead atoms. The highest BCUT2D eigenvalue weighted by atomic mass is 16.6. The largest absolute Gasteiger partial charge is 0.446 e. The van der Waals surface area contributed by atoms with Gasteiger partial charge in [-0.1, -0.05) is 32.9 Å². The van der Waals surface area contributed by atoms with Gasteiger partial charge in [0.15, 0.2) is 0 Å². The number of benzene rings is 1. The lowest BCUT2D eigenvalue weighted by Gasteiger charge is -2.30. The van der Waals surface area contributed by atoms with Crippen molar-refractivity contribution in [1.82, 2.24) is 0 Å². The van der Waals surface area contributed by atoms with Gasteiger partial charge in [0.2, 0.25) is 0 Å². The maximum atomic E-state index is 11.9. The van der Waals surface area contributed by atoms with Crippen LogP contribution in [0.25, 0.3) is 0 Å². The maximum Gasteiger partial charge on any atom is 0.411 e. The van der Waals surface area contributed by atoms with E-state index < -0.39 is 0 Å². The fourth-order valence-electron chi connectivity index (χ4n) is 3.09. The van der Waals surface area contributed by atoms with Crippen molar-refractivity contribution >= 4 is 11.8 Å². The van der Waals surface area contributed by atoms with Crippen LogP contribution in [0.5, 0.6) is 0 Å². The van der Waals surface area contributed by atoms with Crippen LogP contribution in [0.4, 0.5) is 10.5 Å². The smallest absolute Gasteiger partial charge is 0.411 e. The van der Waals surface area contributed by atoms with Crippen LogP contribution in [0, 0.1) is 11.8 Å². The minimum Gasteiger partial charge on any atom is -0.446 e. The summed E-state index contributed by atoms with van der Waals surface area (Å²) >= 11 is 0. The first kappa shape index (κ1) is 14.9. The highest BCUT2D eigenvalue weighted by Crippen LogP contribution is 2.30. The van der Waals surface area contributed by atoms with E-state index >= 15 is 0 Å². The molecule has 1 aliphatic carbocycles. The average Bonchev–Trinajstić information content (AvgIpc) is 2.38. The molecule has 1 amide bonds. The van der Waals surface area contributed by atoms with Crippen molar-refractivity contribution in [3.63, 3.8) is 0 Å². The maximum absolute atomic E-state index is 11.9. The summed E-state index contributed by atoms with van der Waals surface area (Å²) in [4.78, 5) is 11.9. The molecular weight excluding hydrogens is 250 g/mol. The highest BCUT2D eigenvalue weighted by Gasteiger charge is 2.26. The number of aryl methyl sites for hydroxylation is 1. The average molecular weight is 275 g/mol. The normalized spacial score (nSPS) is 26.1. The van der Waals surface area contributed by atoms with E-state index in [-0.39, 0.29) is 12.2 Å². The third-order valence-corrected chi connectivity index (χ3v) is 4.02. The SMILES string of the molecule is CCc1ccc(NC(=O)OC2C[C@@H](C)C[C@@H](C)C2)cc1. The third kappa shape index (κ3) is 4.26. The van der Waals surface area contributed by atoms with Crippen LogP contribution in [0.15, 0.2) is 24.3 Å². The molecule has 0 radical (unpaired) electrons. The minimum absolute atomic E-state index is 0.0589. The number of rotatable bonds is 3. The van der Waals surface area contributed by atoms with Gasteiger partial charge in [0.25, 0.3) is 0 Å². The molecule has 0 spiro atoms. The molecule has 20 heavy (non-hydrogen) atoms. The van der Waals surface area contributed by atoms with E-state index in [1.54, 1.807) is 0 Å². The van der Waals surface area contributed by atoms with Crippen LogP contribution in [-0.2, 0) is 11.2 Å². The van der Waals surface area contributed by atoms with Gasteiger partial charge in [-0.25, -0.2) is 4.79 Å². The number of hydrogen-bond acceptors (Lipinski definition) is 2. The first-order valence-electron chi connectivity index (χ1n) is 7.63. The first-order valence-corrected chi connectivity index (χ1v) is 7.63. The Hall–Kier alpha value is -1.51. The van der Waals surface area contributed by atoms with Crippen LogP contribution in [-0.4, -0.2) is 12.2 Å². The van der Waals surface area contributed by atoms with E-state index in [1.165, 1.54) is 12.0 Å². The summed E-state index contributed by atoms with van der Waals surface area (Å²) < 4.78 is 5.54. The lowest BCUT2D eigenvalue weighted by molar-refractivity contribution is 0.0553. The van der Waals surface area contributed by atoms with Crippen molar-refractivity contribution in [3.8, 4) is 0 Å². The van der Waals surface area contributed by atoms with Gasteiger partial charge in [-0.05, 0) is 55.2 Å². The summed E-state index contributed by atoms with van der Waals surface area (Å²) in [5, 5.41) is 2.81. The first-order chi connectivity index (χ1) is 9.56. The summed E-state index contributed by atoms with van der Waals surface area (Å²) in [5.41, 5.74) is 2.06. The van der Waals surface area contributed by atoms with Crippen LogP contribution >= 0.6 is 0 Å². The predicted octanol–water partition coefficient (Wildman–Crippen LogP) is 4.62. The molecule has 2 rings (SSSR count). The molecule has 1 unspecified atom stereocenters. The van der Waals surface area contributed by atoms with Crippen LogP contribution in [0.3, 0.4) is 0 Å². The molecule has 0 heterocycles. The highest BCUT2D eigenvalue weighted by molar-refractivity contribution is 5.84. The fourth-order valence-corrected chi connectivity index (χ4v) is 3.09. The molecule has 1 aromatic rings. The Balaban J connectivity index is 1.85. The number of nitrogens with one attached hydrogen (secondary N) is 1. The monoisotopic (exact) mass is 275 g/mol. The summed E-state index contributed by atoms with van der Waals surface area (Å²) in [7, 11) is 0. The van der Waals surface area contributed by atoms with Gasteiger partial charge in [-0.2, -0.15) is 0 Å². The summed E-state index contributed by atoms with van der Waals surface area (Å²) in [5.74, 6) is 1.28. The second-order valence-electron chi connectivity index (χ2n) is 6.12. The van der Waals surface area contributed by atoms with E-state index in [0.29, 0.717) is 11.8 Å². The van der Waals surface area contributed by atoms with E-state index in [2.05, 4.69) is 26.1 Å². The number of amides is 1. The second kappa shape index (κ2) is 6.78. The van der Waals surface area contributed by atoms with Crippen molar-refractivity contribution in [3.05, 3.63) is 29.8 Å². The quantitative estimate of drug-likeness (QED) is 0.874. The van der Waals surface area contributed by atoms with Gasteiger partial charge in [0, 0.05) is 5.69 Å². The Morgan fingerprint density at radius 1 is 1.15 bits per heavy atom. The molecule has 110 valence electrons. The minimum atomic E-state index is -0.333. The molecule has 1 aliphatic rings. The standard InChI is InChI=1S/C17H25NO2/c1-4-14-5-7-15(8-6-14)18-17(19)20-16-10-12(2)9-13(3)11-16/h5-8,12-13,16H,4,9-11H2,1-3H3,(H,18,19)/t12-,13+,16?. The fraction of sp³-hybridized carbons (Fsp3) is 0.588. The van der Waals surface area contributed by atoms with Crippen molar-refractivity contribution < 1.29 is 9.53 Å². The van der Waals surface area contributed by atoms with Gasteiger partial charge in [-0.15, -0.1) is 0 Å². The van der Waals surface area contributed by atoms with Gasteiger partial charge in [0.05, 0.1) is 0 Å². The molecule has 1 saturated carbocycles. The van der Waals surface area contributed by atoms with Crippen molar-refractivity contribution in [2.75, 3.05) is 5.32 Å². The summed E-state index contributed by atoms with van der Waals surface area (Å²) in [6, 6.07) is 7.90. The molecule has 3 atom stereocenters. The van der Waals surface area contributed by atoms with E-state index in [4.69, 9.17) is 4.74 Å². The van der Waals surface area contributed by atoms with Gasteiger partial charge >= 0.3 is 6.09 Å². The van der Waals surface area contributed by atoms with E-state index in [0.717, 1.165) is 24.9 Å². The molecule has 1 fully saturated rings. The van der Waals surface area contributed by atoms with Crippen molar-refractivity contribution in [2.45, 2.75) is 52.6 Å². The molecule has 0 saturated heterocycles. The third-order valence-electron chi connectivity index (χ3n) is 4.02. The van der Waals surface area contributed by atoms with E-state index in [9.17, 15) is 4.79 Å². The molecule has 0 aliphatic heterocycles. The molecular formula is C17H25NO2. The van der Waals surface area contributed by atoms with Gasteiger partial charge < -0.3 is 4.74 Å². The Morgan fingerprint density at radius 3 is 2.30 bits per heavy atom. The molecule has 3 heteroatoms. The molecule has 1 N–H and O–H groups in total. The predicted molar refractivity (Wildman–Crippen MR) is 81.9 cm³/mol. The zero-order valence-electron chi connectivity index (χ0n) is 12.7. The zero-order chi connectivity index (χ0) is 14.5. The Bertz CT molecular complexity index is 431. The Labute approximate surface area is 121 Å². The molecule has 0 aromatic heterocycles. The number of ether oxygens (including phenoxy) is 1. The lowest BCUT2D eigenvalue weighted by atomic mass is 9.82. The van der Waals surface area contributed by atoms with Crippen molar-refractivity contribution in [2.24, 2.45) is 11.8 Å². The Kier molecular flexibility index (Phi) is 5.05. The summed E-state index contributed by atoms with van der Waals surface area (Å²) in [6.07, 6.45) is 3.92.